The van der Waals surface area contributed by atoms with Gasteiger partial charge >= 0.3 is 0 Å². The Labute approximate surface area is 257 Å². The molecule has 0 aliphatic carbocycles. The van der Waals surface area contributed by atoms with Gasteiger partial charge in [-0.05, 0) is 6.07 Å². The van der Waals surface area contributed by atoms with E-state index in [-0.39, 0.29) is 16.9 Å². The molecule has 0 amide bonds. The number of aromatic nitrogens is 3. The van der Waals surface area contributed by atoms with Crippen molar-refractivity contribution in [1.29, 1.82) is 0 Å². The van der Waals surface area contributed by atoms with E-state index >= 15 is 0 Å². The molecule has 0 bridgehead atoms. The van der Waals surface area contributed by atoms with Crippen molar-refractivity contribution < 1.29 is 36.5 Å². The molecule has 6 nitrogen and oxygen atoms in total. The van der Waals surface area contributed by atoms with Crippen molar-refractivity contribution in [3.8, 4) is 17.2 Å². The van der Waals surface area contributed by atoms with Crippen LogP contribution < -0.4 is 9.47 Å². The van der Waals surface area contributed by atoms with Gasteiger partial charge in [0.25, 0.3) is 12.9 Å². The maximum Gasteiger partial charge on any atom is 0.272 e. The van der Waals surface area contributed by atoms with Gasteiger partial charge in [-0.2, -0.15) is 4.39 Å². The lowest BCUT2D eigenvalue weighted by Gasteiger charge is -2.08. The summed E-state index contributed by atoms with van der Waals surface area (Å²) >= 11 is 11.7. The van der Waals surface area contributed by atoms with Gasteiger partial charge in [0.1, 0.15) is 40.8 Å². The second-order valence-electron chi connectivity index (χ2n) is 8.80. The van der Waals surface area contributed by atoms with Crippen LogP contribution in [0.15, 0.2) is 91.4 Å². The third-order valence-corrected chi connectivity index (χ3v) is 6.48. The summed E-state index contributed by atoms with van der Waals surface area (Å²) in [6, 6.07) is 20.9. The molecular formula is C31H22Cl2F5N3O3. The van der Waals surface area contributed by atoms with E-state index in [9.17, 15) is 27.1 Å². The lowest BCUT2D eigenvalue weighted by Crippen LogP contribution is -2.07. The molecule has 0 aliphatic heterocycles. The lowest BCUT2D eigenvalue weighted by molar-refractivity contribution is 0.0822. The van der Waals surface area contributed by atoms with Crippen molar-refractivity contribution in [1.82, 2.24) is 15.0 Å². The van der Waals surface area contributed by atoms with Crippen LogP contribution >= 0.6 is 23.2 Å². The predicted molar refractivity (Wildman–Crippen MR) is 160 cm³/mol. The monoisotopic (exact) mass is 649 g/mol. The van der Waals surface area contributed by atoms with Crippen LogP contribution in [0.25, 0.3) is 32.3 Å². The van der Waals surface area contributed by atoms with Gasteiger partial charge in [-0.1, -0.05) is 89.9 Å². The number of rotatable bonds is 6. The van der Waals surface area contributed by atoms with E-state index in [0.29, 0.717) is 32.2 Å². The molecule has 44 heavy (non-hydrogen) atoms. The highest BCUT2D eigenvalue weighted by Crippen LogP contribution is 2.30. The number of alkyl halides is 4. The minimum absolute atomic E-state index is 0.162. The largest absolute Gasteiger partial charge is 0.506 e. The average molecular weight is 650 g/mol. The summed E-state index contributed by atoms with van der Waals surface area (Å²) in [5.74, 6) is 0.00703. The Hall–Kier alpha value is -4.48. The molecule has 0 radical (unpaired) electrons. The third kappa shape index (κ3) is 8.33. The first-order chi connectivity index (χ1) is 21.2. The summed E-state index contributed by atoms with van der Waals surface area (Å²) in [4.78, 5) is 11.2. The molecular weight excluding hydrogens is 628 g/mol. The van der Waals surface area contributed by atoms with Crippen molar-refractivity contribution >= 4 is 55.5 Å². The Morgan fingerprint density at radius 1 is 0.568 bits per heavy atom. The number of halogens is 7. The first-order valence-electron chi connectivity index (χ1n) is 12.8. The molecule has 228 valence electrons. The molecule has 6 rings (SSSR count). The van der Waals surface area contributed by atoms with Gasteiger partial charge in [0.05, 0.1) is 18.6 Å². The zero-order chi connectivity index (χ0) is 31.6. The molecule has 1 N–H and O–H groups in total. The Bertz CT molecular complexity index is 1730. The number of hydrogen-bond donors (Lipinski definition) is 1. The standard InChI is InChI=1S/C11H8ClF2NO.C11H8F3NO.C9H6ClNO/c12-11-8-4-2-1-3-7(8)9(5-15-11)16-6-10(13)14;12-10(13)6-16-9-5-15-11(14)8-4-2-1-3-7(8)9;10-9-7-4-2-1-3-6(7)8(12)5-11-9/h2*1-5,10H,6H2;1-5,12H. The Balaban J connectivity index is 0.000000152. The lowest BCUT2D eigenvalue weighted by atomic mass is 10.1. The highest BCUT2D eigenvalue weighted by atomic mass is 35.5. The molecule has 3 aromatic heterocycles. The number of fused-ring (bicyclic) bond motifs is 3. The Morgan fingerprint density at radius 2 is 0.955 bits per heavy atom. The van der Waals surface area contributed by atoms with Crippen molar-refractivity contribution in [2.24, 2.45) is 0 Å². The van der Waals surface area contributed by atoms with Gasteiger partial charge in [0.2, 0.25) is 5.95 Å². The van der Waals surface area contributed by atoms with Crippen LogP contribution in [0, 0.1) is 5.95 Å². The number of nitrogens with zero attached hydrogens (tertiary/aromatic N) is 3. The first kappa shape index (κ1) is 32.4. The highest BCUT2D eigenvalue weighted by Gasteiger charge is 2.11. The fraction of sp³-hybridized carbons (Fsp3) is 0.129. The predicted octanol–water partition coefficient (Wildman–Crippen LogP) is 9.14. The molecule has 0 saturated carbocycles. The maximum atomic E-state index is 13.3. The van der Waals surface area contributed by atoms with Gasteiger partial charge in [-0.25, -0.2) is 32.5 Å². The maximum absolute atomic E-state index is 13.3. The van der Waals surface area contributed by atoms with Crippen molar-refractivity contribution in [2.45, 2.75) is 12.9 Å². The smallest absolute Gasteiger partial charge is 0.272 e. The van der Waals surface area contributed by atoms with Crippen molar-refractivity contribution in [2.75, 3.05) is 13.2 Å². The van der Waals surface area contributed by atoms with Crippen LogP contribution in [-0.4, -0.2) is 46.1 Å². The van der Waals surface area contributed by atoms with Gasteiger partial charge in [-0.3, -0.25) is 0 Å². The minimum atomic E-state index is -2.57. The third-order valence-electron chi connectivity index (χ3n) is 5.87. The van der Waals surface area contributed by atoms with Gasteiger partial charge in [0, 0.05) is 32.3 Å². The van der Waals surface area contributed by atoms with E-state index in [2.05, 4.69) is 15.0 Å². The molecule has 6 aromatic rings. The van der Waals surface area contributed by atoms with Gasteiger partial charge in [0.15, 0.2) is 0 Å². The summed E-state index contributed by atoms with van der Waals surface area (Å²) in [5, 5.41) is 13.7. The summed E-state index contributed by atoms with van der Waals surface area (Å²) < 4.78 is 71.1. The van der Waals surface area contributed by atoms with E-state index in [1.54, 1.807) is 48.5 Å². The second kappa shape index (κ2) is 15.3. The van der Waals surface area contributed by atoms with E-state index in [4.69, 9.17) is 32.7 Å². The minimum Gasteiger partial charge on any atom is -0.506 e. The molecule has 0 saturated heterocycles. The number of aromatic hydroxyl groups is 1. The molecule has 0 unspecified atom stereocenters. The molecule has 0 aliphatic rings. The van der Waals surface area contributed by atoms with Crippen molar-refractivity contribution in [3.05, 3.63) is 108 Å². The van der Waals surface area contributed by atoms with Crippen LogP contribution in [0.5, 0.6) is 17.2 Å². The molecule has 0 fully saturated rings. The number of ether oxygens (including phenoxy) is 2. The zero-order valence-electron chi connectivity index (χ0n) is 22.5. The zero-order valence-corrected chi connectivity index (χ0v) is 24.0. The Kier molecular flexibility index (Phi) is 11.3. The van der Waals surface area contributed by atoms with Crippen molar-refractivity contribution in [3.63, 3.8) is 0 Å². The van der Waals surface area contributed by atoms with Crippen LogP contribution in [0.1, 0.15) is 0 Å². The highest BCUT2D eigenvalue weighted by molar-refractivity contribution is 6.34. The summed E-state index contributed by atoms with van der Waals surface area (Å²) in [7, 11) is 0. The molecule has 0 atom stereocenters. The fourth-order valence-corrected chi connectivity index (χ4v) is 4.37. The Morgan fingerprint density at radius 3 is 1.45 bits per heavy atom. The number of benzene rings is 3. The molecule has 13 heteroatoms. The van der Waals surface area contributed by atoms with Crippen LogP contribution in [0.2, 0.25) is 10.3 Å². The quantitative estimate of drug-likeness (QED) is 0.143. The SMILES string of the molecule is FC(F)COc1cnc(Cl)c2ccccc12.Fc1ncc(OCC(F)F)c2ccccc12.Oc1cnc(Cl)c2ccccc12. The van der Waals surface area contributed by atoms with Crippen LogP contribution in [0.4, 0.5) is 22.0 Å². The van der Waals surface area contributed by atoms with E-state index in [0.717, 1.165) is 17.0 Å². The van der Waals surface area contributed by atoms with Crippen LogP contribution in [0.3, 0.4) is 0 Å². The topological polar surface area (TPSA) is 77.4 Å². The van der Waals surface area contributed by atoms with E-state index in [1.807, 2.05) is 18.2 Å². The first-order valence-corrected chi connectivity index (χ1v) is 13.5. The molecule has 0 spiro atoms. The normalized spacial score (nSPS) is 10.8. The van der Waals surface area contributed by atoms with E-state index in [1.165, 1.54) is 18.5 Å². The number of hydrogen-bond acceptors (Lipinski definition) is 6. The molecule has 3 aromatic carbocycles. The number of pyridine rings is 3. The summed E-state index contributed by atoms with van der Waals surface area (Å²) in [6.45, 7) is -1.37. The summed E-state index contributed by atoms with van der Waals surface area (Å²) in [5.41, 5.74) is 0. The fourth-order valence-electron chi connectivity index (χ4n) is 3.94. The molecule has 3 heterocycles. The van der Waals surface area contributed by atoms with Gasteiger partial charge < -0.3 is 14.6 Å². The summed E-state index contributed by atoms with van der Waals surface area (Å²) in [6.07, 6.45) is -1.25. The van der Waals surface area contributed by atoms with Crippen LogP contribution in [-0.2, 0) is 0 Å². The van der Waals surface area contributed by atoms with E-state index < -0.39 is 32.0 Å². The average Bonchev–Trinajstić information content (AvgIpc) is 3.03. The second-order valence-corrected chi connectivity index (χ2v) is 9.52. The van der Waals surface area contributed by atoms with Gasteiger partial charge in [-0.15, -0.1) is 0 Å².